The van der Waals surface area contributed by atoms with Crippen LogP contribution in [-0.2, 0) is 11.2 Å². The van der Waals surface area contributed by atoms with Crippen LogP contribution in [0.15, 0.2) is 30.3 Å². The summed E-state index contributed by atoms with van der Waals surface area (Å²) in [6, 6.07) is 10.1. The van der Waals surface area contributed by atoms with Gasteiger partial charge in [0.25, 0.3) is 0 Å². The number of unbranched alkanes of at least 4 members (excludes halogenated alkanes) is 2. The zero-order valence-corrected chi connectivity index (χ0v) is 14.8. The predicted octanol–water partition coefficient (Wildman–Crippen LogP) is 4.71. The molecule has 19 heavy (non-hydrogen) atoms. The number of hydrogen-bond donors (Lipinski definition) is 0. The molecule has 0 unspecified atom stereocenters. The Balaban J connectivity index is 2.01. The van der Waals surface area contributed by atoms with E-state index in [9.17, 15) is 0 Å². The molecule has 1 fully saturated rings. The molecule has 1 saturated heterocycles. The van der Waals surface area contributed by atoms with Gasteiger partial charge >= 0.3 is 121 Å². The normalized spacial score (nSPS) is 21.7. The van der Waals surface area contributed by atoms with Crippen LogP contribution in [0.4, 0.5) is 0 Å². The molecule has 0 saturated carbocycles. The molecule has 0 aliphatic carbocycles. The van der Waals surface area contributed by atoms with Crippen LogP contribution in [-0.4, -0.2) is 19.2 Å². The molecule has 0 amide bonds. The van der Waals surface area contributed by atoms with Crippen molar-refractivity contribution in [3.8, 4) is 0 Å². The summed E-state index contributed by atoms with van der Waals surface area (Å²) in [6.07, 6.45) is 4.45. The molecule has 1 aromatic carbocycles. The SMILES string of the molecule is CCC[CH2][Sn]1([CH2]CCC)[O]O[C@@H](c2ccccc2)[O]1. The van der Waals surface area contributed by atoms with Gasteiger partial charge in [-0.05, 0) is 0 Å². The van der Waals surface area contributed by atoms with Gasteiger partial charge in [0.05, 0.1) is 0 Å². The maximum absolute atomic E-state index is 6.30. The summed E-state index contributed by atoms with van der Waals surface area (Å²) >= 11 is -2.96. The summed E-state index contributed by atoms with van der Waals surface area (Å²) in [5, 5.41) is 0. The first-order chi connectivity index (χ1) is 9.29. The van der Waals surface area contributed by atoms with E-state index in [-0.39, 0.29) is 6.29 Å². The standard InChI is InChI=1S/C7H7O3.2C4H9.Sn/c8-7(10-9)6-4-2-1-3-5-6;2*1-3-4-2;/h1-5,7,9H;2*1,3-4H2,2H3;/q-1;;;+2/p-1/t7-;;;/m0.../s1. The van der Waals surface area contributed by atoms with Crippen molar-refractivity contribution in [2.24, 2.45) is 0 Å². The van der Waals surface area contributed by atoms with E-state index < -0.39 is 19.2 Å². The van der Waals surface area contributed by atoms with Crippen LogP contribution in [0.2, 0.25) is 8.87 Å². The van der Waals surface area contributed by atoms with Gasteiger partial charge in [0, 0.05) is 0 Å². The molecule has 0 bridgehead atoms. The molecule has 1 aliphatic rings. The quantitative estimate of drug-likeness (QED) is 0.514. The third-order valence-corrected chi connectivity index (χ3v) is 12.8. The van der Waals surface area contributed by atoms with Crippen molar-refractivity contribution in [2.75, 3.05) is 0 Å². The van der Waals surface area contributed by atoms with Crippen LogP contribution in [0.25, 0.3) is 0 Å². The molecule has 4 heteroatoms. The van der Waals surface area contributed by atoms with Crippen molar-refractivity contribution in [1.82, 2.24) is 0 Å². The van der Waals surface area contributed by atoms with Gasteiger partial charge in [0.1, 0.15) is 0 Å². The van der Waals surface area contributed by atoms with E-state index in [1.54, 1.807) is 0 Å². The van der Waals surface area contributed by atoms with E-state index in [0.717, 1.165) is 14.4 Å². The maximum atomic E-state index is 6.30. The molecule has 1 aromatic rings. The molecule has 1 atom stereocenters. The van der Waals surface area contributed by atoms with Crippen LogP contribution in [0.1, 0.15) is 51.4 Å². The fourth-order valence-electron chi connectivity index (χ4n) is 2.32. The Morgan fingerprint density at radius 2 is 1.63 bits per heavy atom. The first-order valence-electron chi connectivity index (χ1n) is 7.37. The van der Waals surface area contributed by atoms with Crippen molar-refractivity contribution in [3.63, 3.8) is 0 Å². The second kappa shape index (κ2) is 7.62. The van der Waals surface area contributed by atoms with Crippen LogP contribution in [0.5, 0.6) is 0 Å². The van der Waals surface area contributed by atoms with E-state index in [4.69, 9.17) is 11.2 Å². The minimum absolute atomic E-state index is 0.300. The second-order valence-electron chi connectivity index (χ2n) is 5.16. The number of rotatable bonds is 7. The van der Waals surface area contributed by atoms with Crippen molar-refractivity contribution in [2.45, 2.75) is 54.7 Å². The molecular weight excluding hydrogens is 347 g/mol. The topological polar surface area (TPSA) is 27.7 Å². The van der Waals surface area contributed by atoms with Gasteiger partial charge < -0.3 is 0 Å². The first-order valence-corrected chi connectivity index (χ1v) is 13.7. The van der Waals surface area contributed by atoms with Crippen LogP contribution >= 0.6 is 0 Å². The monoisotopic (exact) mass is 372 g/mol. The van der Waals surface area contributed by atoms with Crippen molar-refractivity contribution < 1.29 is 11.2 Å². The Morgan fingerprint density at radius 1 is 1.00 bits per heavy atom. The van der Waals surface area contributed by atoms with Gasteiger partial charge in [-0.2, -0.15) is 0 Å². The molecular formula is C15H24O3Sn. The summed E-state index contributed by atoms with van der Waals surface area (Å²) in [5.74, 6) is 0. The third kappa shape index (κ3) is 4.18. The molecule has 0 N–H and O–H groups in total. The molecule has 0 aromatic heterocycles. The number of hydrogen-bond acceptors (Lipinski definition) is 3. The summed E-state index contributed by atoms with van der Waals surface area (Å²) < 4.78 is 14.3. The third-order valence-electron chi connectivity index (χ3n) is 3.50. The zero-order chi connectivity index (χ0) is 13.6. The van der Waals surface area contributed by atoms with Gasteiger partial charge in [-0.15, -0.1) is 0 Å². The van der Waals surface area contributed by atoms with Crippen LogP contribution in [0.3, 0.4) is 0 Å². The van der Waals surface area contributed by atoms with Gasteiger partial charge in [0.2, 0.25) is 0 Å². The van der Waals surface area contributed by atoms with Gasteiger partial charge in [-0.25, -0.2) is 0 Å². The Labute approximate surface area is 121 Å². The van der Waals surface area contributed by atoms with Crippen LogP contribution in [0, 0.1) is 0 Å². The van der Waals surface area contributed by atoms with Crippen molar-refractivity contribution in [3.05, 3.63) is 35.9 Å². The fourth-order valence-corrected chi connectivity index (χ4v) is 11.7. The summed E-state index contributed by atoms with van der Waals surface area (Å²) in [7, 11) is 0. The molecule has 0 radical (unpaired) electrons. The fraction of sp³-hybridized carbons (Fsp3) is 0.600. The van der Waals surface area contributed by atoms with E-state index in [0.29, 0.717) is 0 Å². The number of benzene rings is 1. The molecule has 3 nitrogen and oxygen atoms in total. The van der Waals surface area contributed by atoms with Gasteiger partial charge in [-0.3, -0.25) is 0 Å². The molecule has 2 rings (SSSR count). The van der Waals surface area contributed by atoms with Crippen molar-refractivity contribution >= 4 is 19.2 Å². The van der Waals surface area contributed by atoms with E-state index in [1.165, 1.54) is 25.7 Å². The summed E-state index contributed by atoms with van der Waals surface area (Å²) in [4.78, 5) is 5.52. The summed E-state index contributed by atoms with van der Waals surface area (Å²) in [5.41, 5.74) is 1.06. The van der Waals surface area contributed by atoms with E-state index in [2.05, 4.69) is 13.8 Å². The average molecular weight is 371 g/mol. The molecule has 1 aliphatic heterocycles. The summed E-state index contributed by atoms with van der Waals surface area (Å²) in [6.45, 7) is 4.42. The van der Waals surface area contributed by atoms with Crippen molar-refractivity contribution in [1.29, 1.82) is 0 Å². The Morgan fingerprint density at radius 3 is 2.21 bits per heavy atom. The first kappa shape index (κ1) is 15.3. The zero-order valence-electron chi connectivity index (χ0n) is 11.9. The minimum atomic E-state index is -2.96. The van der Waals surface area contributed by atoms with Gasteiger partial charge in [0.15, 0.2) is 0 Å². The van der Waals surface area contributed by atoms with Crippen LogP contribution < -0.4 is 0 Å². The Bertz CT molecular complexity index is 361. The Kier molecular flexibility index (Phi) is 6.13. The van der Waals surface area contributed by atoms with E-state index in [1.807, 2.05) is 30.3 Å². The van der Waals surface area contributed by atoms with E-state index >= 15 is 0 Å². The van der Waals surface area contributed by atoms with Gasteiger partial charge in [-0.1, -0.05) is 0 Å². The molecule has 106 valence electrons. The average Bonchev–Trinajstić information content (AvgIpc) is 2.89. The molecule has 1 heterocycles. The predicted molar refractivity (Wildman–Crippen MR) is 77.6 cm³/mol. The Hall–Kier alpha value is -0.101. The second-order valence-corrected chi connectivity index (χ2v) is 14.4. The molecule has 0 spiro atoms.